The molecule has 0 amide bonds. The molecule has 0 aliphatic carbocycles. The first kappa shape index (κ1) is 12.8. The molecular weight excluding hydrogens is 206 g/mol. The van der Waals surface area contributed by atoms with Gasteiger partial charge in [-0.05, 0) is 26.8 Å². The van der Waals surface area contributed by atoms with Gasteiger partial charge in [-0.2, -0.15) is 5.10 Å². The molecule has 0 bridgehead atoms. The summed E-state index contributed by atoms with van der Waals surface area (Å²) in [5, 5.41) is 11.1. The second-order valence-electron chi connectivity index (χ2n) is 3.68. The lowest BCUT2D eigenvalue weighted by molar-refractivity contribution is 0.183. The molecule has 0 aliphatic rings. The van der Waals surface area contributed by atoms with Gasteiger partial charge in [-0.3, -0.25) is 0 Å². The Morgan fingerprint density at radius 2 is 2.06 bits per heavy atom. The summed E-state index contributed by atoms with van der Waals surface area (Å²) < 4.78 is 5.09. The van der Waals surface area contributed by atoms with E-state index in [1.54, 1.807) is 7.11 Å². The Hall–Kier alpha value is -1.27. The molecule has 0 aromatic carbocycles. The Labute approximate surface area is 95.6 Å². The molecule has 90 valence electrons. The molecule has 0 fully saturated rings. The molecule has 1 aromatic heterocycles. The molecule has 16 heavy (non-hydrogen) atoms. The minimum absolute atomic E-state index is 0.124. The van der Waals surface area contributed by atoms with Crippen molar-refractivity contribution in [2.75, 3.05) is 25.6 Å². The second kappa shape index (κ2) is 6.34. The summed E-state index contributed by atoms with van der Waals surface area (Å²) in [5.41, 5.74) is 7.23. The van der Waals surface area contributed by atoms with Crippen LogP contribution < -0.4 is 11.1 Å². The number of ether oxygens (including phenoxy) is 1. The van der Waals surface area contributed by atoms with Crippen LogP contribution >= 0.6 is 0 Å². The van der Waals surface area contributed by atoms with Crippen LogP contribution in [0.15, 0.2) is 0 Å². The largest absolute Gasteiger partial charge is 0.383 e. The topological polar surface area (TPSA) is 86.0 Å². The van der Waals surface area contributed by atoms with E-state index in [0.717, 1.165) is 17.8 Å². The van der Waals surface area contributed by atoms with Gasteiger partial charge in [-0.25, -0.2) is 4.98 Å². The van der Waals surface area contributed by atoms with Crippen molar-refractivity contribution in [2.45, 2.75) is 26.3 Å². The molecule has 1 rings (SSSR count). The van der Waals surface area contributed by atoms with Gasteiger partial charge in [0.2, 0.25) is 5.95 Å². The highest BCUT2D eigenvalue weighted by molar-refractivity contribution is 5.26. The minimum atomic E-state index is 0.124. The highest BCUT2D eigenvalue weighted by atomic mass is 16.5. The molecule has 1 heterocycles. The third-order valence-electron chi connectivity index (χ3n) is 2.31. The van der Waals surface area contributed by atoms with Crippen LogP contribution in [0.3, 0.4) is 0 Å². The monoisotopic (exact) mass is 225 g/mol. The van der Waals surface area contributed by atoms with Gasteiger partial charge in [0.1, 0.15) is 0 Å². The molecule has 0 saturated carbocycles. The predicted octanol–water partition coefficient (Wildman–Crippen LogP) is 0.264. The first-order chi connectivity index (χ1) is 7.67. The Bertz CT molecular complexity index is 325. The summed E-state index contributed by atoms with van der Waals surface area (Å²) in [6, 6.07) is 0.124. The van der Waals surface area contributed by atoms with Crippen LogP contribution in [0.1, 0.15) is 17.8 Å². The lowest BCUT2D eigenvalue weighted by atomic mass is 10.2. The van der Waals surface area contributed by atoms with E-state index in [2.05, 4.69) is 20.5 Å². The standard InChI is InChI=1S/C10H19N5O/c1-7-8(2)14-15-10(12-7)13-9(4-5-11)6-16-3/h9H,4-6,11H2,1-3H3,(H,12,13,15). The zero-order chi connectivity index (χ0) is 12.0. The Morgan fingerprint density at radius 1 is 1.31 bits per heavy atom. The van der Waals surface area contributed by atoms with Gasteiger partial charge in [0, 0.05) is 7.11 Å². The van der Waals surface area contributed by atoms with E-state index in [9.17, 15) is 0 Å². The number of nitrogens with one attached hydrogen (secondary N) is 1. The van der Waals surface area contributed by atoms with Crippen molar-refractivity contribution in [3.05, 3.63) is 11.4 Å². The molecule has 0 saturated heterocycles. The van der Waals surface area contributed by atoms with Crippen molar-refractivity contribution in [1.29, 1.82) is 0 Å². The van der Waals surface area contributed by atoms with Gasteiger partial charge in [0.25, 0.3) is 0 Å². The summed E-state index contributed by atoms with van der Waals surface area (Å²) in [4.78, 5) is 4.30. The molecule has 1 aromatic rings. The van der Waals surface area contributed by atoms with Gasteiger partial charge in [0.05, 0.1) is 24.0 Å². The van der Waals surface area contributed by atoms with Crippen molar-refractivity contribution in [3.8, 4) is 0 Å². The van der Waals surface area contributed by atoms with Crippen LogP contribution in [-0.2, 0) is 4.74 Å². The first-order valence-electron chi connectivity index (χ1n) is 5.30. The van der Waals surface area contributed by atoms with Crippen molar-refractivity contribution in [1.82, 2.24) is 15.2 Å². The van der Waals surface area contributed by atoms with Gasteiger partial charge in [0.15, 0.2) is 0 Å². The predicted molar refractivity (Wildman–Crippen MR) is 62.3 cm³/mol. The zero-order valence-corrected chi connectivity index (χ0v) is 10.0. The quantitative estimate of drug-likeness (QED) is 0.722. The maximum absolute atomic E-state index is 5.52. The number of aryl methyl sites for hydroxylation is 2. The average Bonchev–Trinajstić information content (AvgIpc) is 2.24. The average molecular weight is 225 g/mol. The van der Waals surface area contributed by atoms with Crippen LogP contribution in [0.4, 0.5) is 5.95 Å². The maximum Gasteiger partial charge on any atom is 0.243 e. The molecular formula is C10H19N5O. The summed E-state index contributed by atoms with van der Waals surface area (Å²) in [7, 11) is 1.66. The van der Waals surface area contributed by atoms with Gasteiger partial charge in [-0.1, -0.05) is 0 Å². The van der Waals surface area contributed by atoms with Gasteiger partial charge >= 0.3 is 0 Å². The molecule has 1 unspecified atom stereocenters. The fourth-order valence-corrected chi connectivity index (χ4v) is 1.30. The summed E-state index contributed by atoms with van der Waals surface area (Å²) in [5.74, 6) is 0.526. The number of nitrogens with zero attached hydrogens (tertiary/aromatic N) is 3. The third kappa shape index (κ3) is 3.71. The summed E-state index contributed by atoms with van der Waals surface area (Å²) >= 11 is 0. The van der Waals surface area contributed by atoms with Crippen LogP contribution in [0.2, 0.25) is 0 Å². The molecule has 0 spiro atoms. The number of anilines is 1. The van der Waals surface area contributed by atoms with E-state index in [4.69, 9.17) is 10.5 Å². The molecule has 0 aliphatic heterocycles. The Kier molecular flexibility index (Phi) is 5.07. The summed E-state index contributed by atoms with van der Waals surface area (Å²) in [6.07, 6.45) is 0.810. The summed E-state index contributed by atoms with van der Waals surface area (Å²) in [6.45, 7) is 4.96. The molecule has 3 N–H and O–H groups in total. The van der Waals surface area contributed by atoms with Crippen molar-refractivity contribution in [3.63, 3.8) is 0 Å². The minimum Gasteiger partial charge on any atom is -0.383 e. The van der Waals surface area contributed by atoms with Crippen molar-refractivity contribution in [2.24, 2.45) is 5.73 Å². The van der Waals surface area contributed by atoms with Crippen LogP contribution in [0.5, 0.6) is 0 Å². The number of aromatic nitrogens is 3. The highest BCUT2D eigenvalue weighted by Crippen LogP contribution is 2.05. The highest BCUT2D eigenvalue weighted by Gasteiger charge is 2.09. The number of hydrogen-bond acceptors (Lipinski definition) is 6. The van der Waals surface area contributed by atoms with Crippen LogP contribution in [0.25, 0.3) is 0 Å². The lowest BCUT2D eigenvalue weighted by Crippen LogP contribution is -2.29. The fraction of sp³-hybridized carbons (Fsp3) is 0.700. The van der Waals surface area contributed by atoms with Crippen LogP contribution in [-0.4, -0.2) is 41.5 Å². The fourth-order valence-electron chi connectivity index (χ4n) is 1.30. The maximum atomic E-state index is 5.52. The molecule has 0 radical (unpaired) electrons. The van der Waals surface area contributed by atoms with E-state index >= 15 is 0 Å². The van der Waals surface area contributed by atoms with E-state index in [1.165, 1.54) is 0 Å². The van der Waals surface area contributed by atoms with E-state index in [0.29, 0.717) is 19.1 Å². The normalized spacial score (nSPS) is 12.5. The van der Waals surface area contributed by atoms with E-state index < -0.39 is 0 Å². The zero-order valence-electron chi connectivity index (χ0n) is 10.0. The van der Waals surface area contributed by atoms with E-state index in [-0.39, 0.29) is 6.04 Å². The molecule has 6 heteroatoms. The Morgan fingerprint density at radius 3 is 2.62 bits per heavy atom. The number of hydrogen-bond donors (Lipinski definition) is 2. The van der Waals surface area contributed by atoms with E-state index in [1.807, 2.05) is 13.8 Å². The van der Waals surface area contributed by atoms with Crippen molar-refractivity contribution < 1.29 is 4.74 Å². The lowest BCUT2D eigenvalue weighted by Gasteiger charge is -2.16. The van der Waals surface area contributed by atoms with Gasteiger partial charge < -0.3 is 15.8 Å². The number of methoxy groups -OCH3 is 1. The second-order valence-corrected chi connectivity index (χ2v) is 3.68. The smallest absolute Gasteiger partial charge is 0.243 e. The number of rotatable bonds is 6. The van der Waals surface area contributed by atoms with Crippen molar-refractivity contribution >= 4 is 5.95 Å². The van der Waals surface area contributed by atoms with Crippen LogP contribution in [0, 0.1) is 13.8 Å². The molecule has 1 atom stereocenters. The van der Waals surface area contributed by atoms with Gasteiger partial charge in [-0.15, -0.1) is 5.10 Å². The molecule has 6 nitrogen and oxygen atoms in total. The third-order valence-corrected chi connectivity index (χ3v) is 2.31. The number of nitrogens with two attached hydrogens (primary N) is 1. The SMILES string of the molecule is COCC(CCN)Nc1nnc(C)c(C)n1. The Balaban J connectivity index is 2.65. The first-order valence-corrected chi connectivity index (χ1v) is 5.30.